The Hall–Kier alpha value is -0.120. The van der Waals surface area contributed by atoms with Crippen molar-refractivity contribution in [3.05, 3.63) is 0 Å². The molecule has 0 atom stereocenters. The molecule has 1 aliphatic rings. The van der Waals surface area contributed by atoms with Gasteiger partial charge in [-0.3, -0.25) is 0 Å². The van der Waals surface area contributed by atoms with Crippen molar-refractivity contribution in [3.63, 3.8) is 0 Å². The van der Waals surface area contributed by atoms with Gasteiger partial charge in [-0.25, -0.2) is 0 Å². The lowest BCUT2D eigenvalue weighted by Crippen LogP contribution is -2.45. The SMILES string of the molecule is CCCNC1CCN(CCN(CC)CC)CC1. The lowest BCUT2D eigenvalue weighted by atomic mass is 10.1. The zero-order valence-electron chi connectivity index (χ0n) is 12.0. The number of likely N-dealkylation sites (N-methyl/N-ethyl adjacent to an activating group) is 1. The van der Waals surface area contributed by atoms with Crippen molar-refractivity contribution < 1.29 is 0 Å². The van der Waals surface area contributed by atoms with Crippen LogP contribution in [0.5, 0.6) is 0 Å². The van der Waals surface area contributed by atoms with Crippen LogP contribution in [-0.4, -0.2) is 61.7 Å². The number of hydrogen-bond acceptors (Lipinski definition) is 3. The molecule has 3 nitrogen and oxygen atoms in total. The molecule has 17 heavy (non-hydrogen) atoms. The van der Waals surface area contributed by atoms with Crippen molar-refractivity contribution in [2.75, 3.05) is 45.8 Å². The van der Waals surface area contributed by atoms with E-state index in [9.17, 15) is 0 Å². The van der Waals surface area contributed by atoms with Gasteiger partial charge < -0.3 is 15.1 Å². The lowest BCUT2D eigenvalue weighted by molar-refractivity contribution is 0.170. The van der Waals surface area contributed by atoms with Crippen LogP contribution in [0.1, 0.15) is 40.0 Å². The predicted molar refractivity (Wildman–Crippen MR) is 75.5 cm³/mol. The van der Waals surface area contributed by atoms with Crippen LogP contribution in [0, 0.1) is 0 Å². The highest BCUT2D eigenvalue weighted by Gasteiger charge is 2.18. The first kappa shape index (κ1) is 14.9. The standard InChI is InChI=1S/C14H31N3/c1-4-9-15-14-7-10-17(11-8-14)13-12-16(5-2)6-3/h14-15H,4-13H2,1-3H3. The average Bonchev–Trinajstić information content (AvgIpc) is 2.39. The van der Waals surface area contributed by atoms with Gasteiger partial charge >= 0.3 is 0 Å². The molecule has 1 rings (SSSR count). The van der Waals surface area contributed by atoms with E-state index in [0.717, 1.165) is 6.04 Å². The summed E-state index contributed by atoms with van der Waals surface area (Å²) in [4.78, 5) is 5.14. The van der Waals surface area contributed by atoms with Crippen LogP contribution in [0.25, 0.3) is 0 Å². The first-order valence-corrected chi connectivity index (χ1v) is 7.48. The van der Waals surface area contributed by atoms with E-state index >= 15 is 0 Å². The number of piperidine rings is 1. The summed E-state index contributed by atoms with van der Waals surface area (Å²) >= 11 is 0. The van der Waals surface area contributed by atoms with E-state index in [1.807, 2.05) is 0 Å². The minimum Gasteiger partial charge on any atom is -0.314 e. The highest BCUT2D eigenvalue weighted by molar-refractivity contribution is 4.77. The molecule has 0 aromatic carbocycles. The number of hydrogen-bond donors (Lipinski definition) is 1. The summed E-state index contributed by atoms with van der Waals surface area (Å²) in [5, 5.41) is 3.64. The molecule has 0 spiro atoms. The van der Waals surface area contributed by atoms with Crippen LogP contribution in [0.15, 0.2) is 0 Å². The third-order valence-electron chi connectivity index (χ3n) is 3.90. The average molecular weight is 241 g/mol. The Morgan fingerprint density at radius 1 is 1.12 bits per heavy atom. The van der Waals surface area contributed by atoms with E-state index in [4.69, 9.17) is 0 Å². The number of likely N-dealkylation sites (tertiary alicyclic amines) is 1. The molecule has 0 unspecified atom stereocenters. The van der Waals surface area contributed by atoms with E-state index in [1.54, 1.807) is 0 Å². The number of nitrogens with one attached hydrogen (secondary N) is 1. The fraction of sp³-hybridized carbons (Fsp3) is 1.00. The fourth-order valence-electron chi connectivity index (χ4n) is 2.53. The highest BCUT2D eigenvalue weighted by atomic mass is 15.2. The summed E-state index contributed by atoms with van der Waals surface area (Å²) in [6.07, 6.45) is 3.92. The summed E-state index contributed by atoms with van der Waals surface area (Å²) in [5.41, 5.74) is 0. The third-order valence-corrected chi connectivity index (χ3v) is 3.90. The molecule has 0 aromatic rings. The molecular formula is C14H31N3. The molecule has 0 aliphatic carbocycles. The van der Waals surface area contributed by atoms with Crippen molar-refractivity contribution in [1.82, 2.24) is 15.1 Å². The second-order valence-electron chi connectivity index (χ2n) is 5.10. The Labute approximate surface area is 108 Å². The Bertz CT molecular complexity index is 172. The van der Waals surface area contributed by atoms with Crippen LogP contribution in [0.2, 0.25) is 0 Å². The molecule has 0 aromatic heterocycles. The summed E-state index contributed by atoms with van der Waals surface area (Å²) < 4.78 is 0. The molecule has 0 amide bonds. The molecule has 1 fully saturated rings. The summed E-state index contributed by atoms with van der Waals surface area (Å²) in [5.74, 6) is 0. The van der Waals surface area contributed by atoms with Gasteiger partial charge in [0.05, 0.1) is 0 Å². The Morgan fingerprint density at radius 2 is 1.76 bits per heavy atom. The van der Waals surface area contributed by atoms with Gasteiger partial charge in [0.1, 0.15) is 0 Å². The van der Waals surface area contributed by atoms with Crippen LogP contribution in [-0.2, 0) is 0 Å². The van der Waals surface area contributed by atoms with Crippen molar-refractivity contribution in [1.29, 1.82) is 0 Å². The van der Waals surface area contributed by atoms with Gasteiger partial charge in [0, 0.05) is 19.1 Å². The molecule has 1 aliphatic heterocycles. The second kappa shape index (κ2) is 8.90. The maximum absolute atomic E-state index is 3.64. The Morgan fingerprint density at radius 3 is 2.29 bits per heavy atom. The first-order valence-electron chi connectivity index (χ1n) is 7.48. The van der Waals surface area contributed by atoms with Gasteiger partial charge in [-0.05, 0) is 52.0 Å². The van der Waals surface area contributed by atoms with Crippen molar-refractivity contribution in [2.45, 2.75) is 46.1 Å². The van der Waals surface area contributed by atoms with E-state index in [2.05, 4.69) is 35.9 Å². The zero-order valence-corrected chi connectivity index (χ0v) is 12.0. The molecule has 1 heterocycles. The Kier molecular flexibility index (Phi) is 7.82. The van der Waals surface area contributed by atoms with Crippen LogP contribution >= 0.6 is 0 Å². The molecule has 0 bridgehead atoms. The van der Waals surface area contributed by atoms with E-state index in [0.29, 0.717) is 0 Å². The molecule has 0 radical (unpaired) electrons. The van der Waals surface area contributed by atoms with Crippen LogP contribution in [0.3, 0.4) is 0 Å². The smallest absolute Gasteiger partial charge is 0.0109 e. The molecule has 1 N–H and O–H groups in total. The van der Waals surface area contributed by atoms with E-state index in [-0.39, 0.29) is 0 Å². The van der Waals surface area contributed by atoms with Gasteiger partial charge in [-0.2, -0.15) is 0 Å². The summed E-state index contributed by atoms with van der Waals surface area (Å²) in [6.45, 7) is 15.4. The Balaban J connectivity index is 2.10. The number of rotatable bonds is 8. The van der Waals surface area contributed by atoms with Gasteiger partial charge in [-0.1, -0.05) is 20.8 Å². The minimum absolute atomic E-state index is 0.777. The third kappa shape index (κ3) is 5.84. The number of nitrogens with zero attached hydrogens (tertiary/aromatic N) is 2. The first-order chi connectivity index (χ1) is 8.30. The van der Waals surface area contributed by atoms with Crippen molar-refractivity contribution >= 4 is 0 Å². The van der Waals surface area contributed by atoms with Gasteiger partial charge in [0.15, 0.2) is 0 Å². The lowest BCUT2D eigenvalue weighted by Gasteiger charge is -2.33. The maximum atomic E-state index is 3.64. The quantitative estimate of drug-likeness (QED) is 0.699. The molecule has 3 heteroatoms. The van der Waals surface area contributed by atoms with Gasteiger partial charge in [0.2, 0.25) is 0 Å². The maximum Gasteiger partial charge on any atom is 0.0109 e. The topological polar surface area (TPSA) is 18.5 Å². The summed E-state index contributed by atoms with van der Waals surface area (Å²) in [6, 6.07) is 0.777. The zero-order chi connectivity index (χ0) is 12.5. The highest BCUT2D eigenvalue weighted by Crippen LogP contribution is 2.10. The minimum atomic E-state index is 0.777. The second-order valence-corrected chi connectivity index (χ2v) is 5.10. The van der Waals surface area contributed by atoms with Crippen LogP contribution < -0.4 is 5.32 Å². The fourth-order valence-corrected chi connectivity index (χ4v) is 2.53. The van der Waals surface area contributed by atoms with Crippen molar-refractivity contribution in [2.24, 2.45) is 0 Å². The molecular weight excluding hydrogens is 210 g/mol. The van der Waals surface area contributed by atoms with Crippen molar-refractivity contribution in [3.8, 4) is 0 Å². The molecule has 102 valence electrons. The summed E-state index contributed by atoms with van der Waals surface area (Å²) in [7, 11) is 0. The van der Waals surface area contributed by atoms with E-state index in [1.165, 1.54) is 65.1 Å². The largest absolute Gasteiger partial charge is 0.314 e. The monoisotopic (exact) mass is 241 g/mol. The normalized spacial score (nSPS) is 19.1. The van der Waals surface area contributed by atoms with Gasteiger partial charge in [-0.15, -0.1) is 0 Å². The van der Waals surface area contributed by atoms with Gasteiger partial charge in [0.25, 0.3) is 0 Å². The van der Waals surface area contributed by atoms with Crippen LogP contribution in [0.4, 0.5) is 0 Å². The predicted octanol–water partition coefficient (Wildman–Crippen LogP) is 1.79. The van der Waals surface area contributed by atoms with E-state index < -0.39 is 0 Å². The molecule has 0 saturated carbocycles. The molecule has 1 saturated heterocycles.